The van der Waals surface area contributed by atoms with Crippen LogP contribution in [0.5, 0.6) is 0 Å². The number of amides is 2. The van der Waals surface area contributed by atoms with E-state index in [2.05, 4.69) is 28.5 Å². The SMILES string of the molecule is C#CCNC(=O)c1ccccc1NC(=O)c1sc(CCC)nc1C. The second-order valence-corrected chi connectivity index (χ2v) is 6.24. The maximum Gasteiger partial charge on any atom is 0.267 e. The first kappa shape index (κ1) is 17.7. The molecule has 2 N–H and O–H groups in total. The number of hydrogen-bond acceptors (Lipinski definition) is 4. The Hall–Kier alpha value is -2.65. The first-order valence-corrected chi connectivity index (χ1v) is 8.46. The summed E-state index contributed by atoms with van der Waals surface area (Å²) >= 11 is 1.39. The van der Waals surface area contributed by atoms with Crippen LogP contribution in [0, 0.1) is 19.3 Å². The van der Waals surface area contributed by atoms with Crippen molar-refractivity contribution in [3.8, 4) is 12.3 Å². The number of rotatable bonds is 6. The van der Waals surface area contributed by atoms with E-state index in [-0.39, 0.29) is 18.4 Å². The predicted molar refractivity (Wildman–Crippen MR) is 96.4 cm³/mol. The summed E-state index contributed by atoms with van der Waals surface area (Å²) in [4.78, 5) is 29.7. The highest BCUT2D eigenvalue weighted by molar-refractivity contribution is 7.13. The van der Waals surface area contributed by atoms with Gasteiger partial charge >= 0.3 is 0 Å². The van der Waals surface area contributed by atoms with E-state index in [0.29, 0.717) is 21.8 Å². The minimum atomic E-state index is -0.323. The fourth-order valence-corrected chi connectivity index (χ4v) is 3.24. The van der Waals surface area contributed by atoms with Crippen LogP contribution in [-0.2, 0) is 6.42 Å². The van der Waals surface area contributed by atoms with E-state index in [9.17, 15) is 9.59 Å². The lowest BCUT2D eigenvalue weighted by atomic mass is 10.1. The Morgan fingerprint density at radius 3 is 2.75 bits per heavy atom. The number of hydrogen-bond donors (Lipinski definition) is 2. The third-order valence-corrected chi connectivity index (χ3v) is 4.50. The number of carbonyl (C=O) groups is 2. The van der Waals surface area contributed by atoms with Gasteiger partial charge in [0.15, 0.2) is 0 Å². The fraction of sp³-hybridized carbons (Fsp3) is 0.278. The quantitative estimate of drug-likeness (QED) is 0.794. The van der Waals surface area contributed by atoms with Gasteiger partial charge in [-0.1, -0.05) is 25.0 Å². The van der Waals surface area contributed by atoms with Crippen molar-refractivity contribution in [3.63, 3.8) is 0 Å². The summed E-state index contributed by atoms with van der Waals surface area (Å²) < 4.78 is 0. The van der Waals surface area contributed by atoms with Gasteiger partial charge in [-0.3, -0.25) is 9.59 Å². The van der Waals surface area contributed by atoms with Crippen LogP contribution in [0.15, 0.2) is 24.3 Å². The summed E-state index contributed by atoms with van der Waals surface area (Å²) in [5, 5.41) is 6.34. The maximum absolute atomic E-state index is 12.5. The summed E-state index contributed by atoms with van der Waals surface area (Å²) in [5.74, 6) is 1.77. The van der Waals surface area contributed by atoms with Crippen molar-refractivity contribution < 1.29 is 9.59 Å². The highest BCUT2D eigenvalue weighted by Gasteiger charge is 2.18. The molecule has 1 aromatic heterocycles. The standard InChI is InChI=1S/C18H19N3O2S/c1-4-8-15-20-12(3)16(24-15)18(23)21-14-10-7-6-9-13(14)17(22)19-11-5-2/h2,6-7,9-10H,4,8,11H2,1,3H3,(H,19,22)(H,21,23). The molecule has 5 nitrogen and oxygen atoms in total. The van der Waals surface area contributed by atoms with Crippen molar-refractivity contribution in [2.24, 2.45) is 0 Å². The van der Waals surface area contributed by atoms with E-state index in [4.69, 9.17) is 6.42 Å². The second-order valence-electron chi connectivity index (χ2n) is 5.16. The van der Waals surface area contributed by atoms with Crippen molar-refractivity contribution in [3.05, 3.63) is 45.4 Å². The van der Waals surface area contributed by atoms with Crippen molar-refractivity contribution in [2.45, 2.75) is 26.7 Å². The topological polar surface area (TPSA) is 71.1 Å². The van der Waals surface area contributed by atoms with E-state index in [0.717, 1.165) is 17.8 Å². The van der Waals surface area contributed by atoms with E-state index in [1.165, 1.54) is 11.3 Å². The van der Waals surface area contributed by atoms with Crippen LogP contribution >= 0.6 is 11.3 Å². The molecule has 0 fully saturated rings. The van der Waals surface area contributed by atoms with Gasteiger partial charge in [-0.25, -0.2) is 4.98 Å². The van der Waals surface area contributed by atoms with Gasteiger partial charge < -0.3 is 10.6 Å². The molecule has 0 bridgehead atoms. The van der Waals surface area contributed by atoms with Gasteiger partial charge in [-0.2, -0.15) is 0 Å². The number of aryl methyl sites for hydroxylation is 2. The molecule has 1 heterocycles. The number of carbonyl (C=O) groups excluding carboxylic acids is 2. The number of aromatic nitrogens is 1. The van der Waals surface area contributed by atoms with Gasteiger partial charge in [0.05, 0.1) is 28.5 Å². The molecule has 0 radical (unpaired) electrons. The lowest BCUT2D eigenvalue weighted by Crippen LogP contribution is -2.25. The molecule has 2 amide bonds. The van der Waals surface area contributed by atoms with Gasteiger partial charge in [0.2, 0.25) is 0 Å². The predicted octanol–water partition coefficient (Wildman–Crippen LogP) is 3.02. The molecule has 124 valence electrons. The third kappa shape index (κ3) is 4.21. The van der Waals surface area contributed by atoms with Gasteiger partial charge in [0.25, 0.3) is 11.8 Å². The number of thiazole rings is 1. The highest BCUT2D eigenvalue weighted by atomic mass is 32.1. The van der Waals surface area contributed by atoms with Gasteiger partial charge in [-0.15, -0.1) is 17.8 Å². The number of para-hydroxylation sites is 1. The summed E-state index contributed by atoms with van der Waals surface area (Å²) in [7, 11) is 0. The van der Waals surface area contributed by atoms with Crippen LogP contribution in [0.4, 0.5) is 5.69 Å². The van der Waals surface area contributed by atoms with Gasteiger partial charge in [-0.05, 0) is 31.9 Å². The first-order valence-electron chi connectivity index (χ1n) is 7.65. The normalized spacial score (nSPS) is 10.0. The Bertz CT molecular complexity index is 790. The molecule has 24 heavy (non-hydrogen) atoms. The smallest absolute Gasteiger partial charge is 0.267 e. The zero-order valence-corrected chi connectivity index (χ0v) is 14.5. The first-order chi connectivity index (χ1) is 11.6. The lowest BCUT2D eigenvalue weighted by molar-refractivity contribution is 0.0959. The second kappa shape index (κ2) is 8.27. The number of terminal acetylenes is 1. The molecule has 0 aliphatic rings. The molecule has 2 rings (SSSR count). The molecule has 1 aromatic carbocycles. The zero-order chi connectivity index (χ0) is 17.5. The highest BCUT2D eigenvalue weighted by Crippen LogP contribution is 2.22. The summed E-state index contributed by atoms with van der Waals surface area (Å²) in [6, 6.07) is 6.82. The van der Waals surface area contributed by atoms with Crippen LogP contribution in [0.1, 0.15) is 44.1 Å². The van der Waals surface area contributed by atoms with Gasteiger partial charge in [0.1, 0.15) is 4.88 Å². The fourth-order valence-electron chi connectivity index (χ4n) is 2.18. The molecule has 0 atom stereocenters. The number of anilines is 1. The molecule has 0 spiro atoms. The maximum atomic E-state index is 12.5. The molecular weight excluding hydrogens is 322 g/mol. The Kier molecular flexibility index (Phi) is 6.10. The molecule has 6 heteroatoms. The monoisotopic (exact) mass is 341 g/mol. The molecular formula is C18H19N3O2S. The molecule has 0 saturated carbocycles. The van der Waals surface area contributed by atoms with Gasteiger partial charge in [0, 0.05) is 0 Å². The van der Waals surface area contributed by atoms with Crippen LogP contribution in [-0.4, -0.2) is 23.3 Å². The van der Waals surface area contributed by atoms with Crippen molar-refractivity contribution >= 4 is 28.8 Å². The number of benzene rings is 1. The van der Waals surface area contributed by atoms with Crippen molar-refractivity contribution in [2.75, 3.05) is 11.9 Å². The van der Waals surface area contributed by atoms with E-state index in [1.807, 2.05) is 6.92 Å². The summed E-state index contributed by atoms with van der Waals surface area (Å²) in [6.07, 6.45) is 6.98. The van der Waals surface area contributed by atoms with Crippen LogP contribution in [0.25, 0.3) is 0 Å². The summed E-state index contributed by atoms with van der Waals surface area (Å²) in [5.41, 5.74) is 1.52. The molecule has 0 saturated heterocycles. The Morgan fingerprint density at radius 2 is 2.04 bits per heavy atom. The largest absolute Gasteiger partial charge is 0.341 e. The minimum Gasteiger partial charge on any atom is -0.341 e. The molecule has 0 unspecified atom stereocenters. The molecule has 0 aliphatic carbocycles. The zero-order valence-electron chi connectivity index (χ0n) is 13.7. The van der Waals surface area contributed by atoms with E-state index < -0.39 is 0 Å². The number of nitrogens with zero attached hydrogens (tertiary/aromatic N) is 1. The van der Waals surface area contributed by atoms with Crippen molar-refractivity contribution in [1.29, 1.82) is 0 Å². The van der Waals surface area contributed by atoms with Crippen LogP contribution in [0.3, 0.4) is 0 Å². The average Bonchev–Trinajstić information content (AvgIpc) is 2.94. The Morgan fingerprint density at radius 1 is 1.29 bits per heavy atom. The van der Waals surface area contributed by atoms with E-state index >= 15 is 0 Å². The Balaban J connectivity index is 2.20. The average molecular weight is 341 g/mol. The molecule has 0 aliphatic heterocycles. The van der Waals surface area contributed by atoms with Crippen molar-refractivity contribution in [1.82, 2.24) is 10.3 Å². The van der Waals surface area contributed by atoms with Crippen LogP contribution < -0.4 is 10.6 Å². The van der Waals surface area contributed by atoms with Crippen LogP contribution in [0.2, 0.25) is 0 Å². The lowest BCUT2D eigenvalue weighted by Gasteiger charge is -2.10. The minimum absolute atomic E-state index is 0.134. The summed E-state index contributed by atoms with van der Waals surface area (Å²) in [6.45, 7) is 4.02. The Labute approximate surface area is 145 Å². The third-order valence-electron chi connectivity index (χ3n) is 3.28. The van der Waals surface area contributed by atoms with E-state index in [1.54, 1.807) is 24.3 Å². The number of nitrogens with one attached hydrogen (secondary N) is 2. The molecule has 2 aromatic rings.